The first kappa shape index (κ1) is 15.8. The van der Waals surface area contributed by atoms with E-state index in [1.807, 2.05) is 13.8 Å². The molecule has 0 heterocycles. The van der Waals surface area contributed by atoms with E-state index in [1.165, 1.54) is 4.31 Å². The van der Waals surface area contributed by atoms with Crippen molar-refractivity contribution in [2.75, 3.05) is 33.9 Å². The van der Waals surface area contributed by atoms with E-state index in [0.29, 0.717) is 13.2 Å². The van der Waals surface area contributed by atoms with Crippen LogP contribution in [0.4, 0.5) is 0 Å². The van der Waals surface area contributed by atoms with Gasteiger partial charge in [0.2, 0.25) is 10.0 Å². The van der Waals surface area contributed by atoms with E-state index in [-0.39, 0.29) is 6.04 Å². The molecule has 0 fully saturated rings. The Hall–Kier alpha value is -0.170. The second-order valence-corrected chi connectivity index (χ2v) is 6.39. The van der Waals surface area contributed by atoms with Gasteiger partial charge in [-0.25, -0.2) is 8.42 Å². The first-order valence-electron chi connectivity index (χ1n) is 5.54. The van der Waals surface area contributed by atoms with Gasteiger partial charge in [0, 0.05) is 26.7 Å². The molecule has 2 atom stereocenters. The molecular formula is C10H24N2O3S. The molecule has 0 radical (unpaired) electrons. The van der Waals surface area contributed by atoms with Crippen molar-refractivity contribution in [1.29, 1.82) is 0 Å². The molecule has 0 saturated carbocycles. The third-order valence-electron chi connectivity index (χ3n) is 2.62. The van der Waals surface area contributed by atoms with Crippen LogP contribution in [0.1, 0.15) is 20.8 Å². The van der Waals surface area contributed by atoms with E-state index in [9.17, 15) is 8.42 Å². The lowest BCUT2D eigenvalue weighted by molar-refractivity contribution is 0.149. The number of ether oxygens (including phenoxy) is 1. The lowest BCUT2D eigenvalue weighted by atomic mass is 10.4. The molecule has 0 spiro atoms. The van der Waals surface area contributed by atoms with Gasteiger partial charge >= 0.3 is 0 Å². The van der Waals surface area contributed by atoms with Gasteiger partial charge in [-0.15, -0.1) is 0 Å². The molecule has 2 unspecified atom stereocenters. The highest BCUT2D eigenvalue weighted by atomic mass is 32.2. The van der Waals surface area contributed by atoms with Crippen LogP contribution >= 0.6 is 0 Å². The van der Waals surface area contributed by atoms with Gasteiger partial charge in [0.1, 0.15) is 0 Å². The standard InChI is InChI=1S/C10H24N2O3S/c1-6-11-7-10(3)16(13,14)12(4)9(2)8-15-5/h9-11H,6-8H2,1-5H3. The molecule has 0 aliphatic carbocycles. The van der Waals surface area contributed by atoms with Crippen molar-refractivity contribution < 1.29 is 13.2 Å². The molecule has 0 amide bonds. The molecule has 98 valence electrons. The summed E-state index contributed by atoms with van der Waals surface area (Å²) >= 11 is 0. The maximum Gasteiger partial charge on any atom is 0.218 e. The van der Waals surface area contributed by atoms with Gasteiger partial charge in [0.25, 0.3) is 0 Å². The van der Waals surface area contributed by atoms with Crippen molar-refractivity contribution in [2.24, 2.45) is 0 Å². The average molecular weight is 252 g/mol. The van der Waals surface area contributed by atoms with Gasteiger partial charge in [-0.1, -0.05) is 6.92 Å². The molecule has 6 heteroatoms. The molecule has 5 nitrogen and oxygen atoms in total. The van der Waals surface area contributed by atoms with Crippen LogP contribution in [0, 0.1) is 0 Å². The summed E-state index contributed by atoms with van der Waals surface area (Å²) in [6, 6.07) is -0.140. The summed E-state index contributed by atoms with van der Waals surface area (Å²) in [5.41, 5.74) is 0. The SMILES string of the molecule is CCNCC(C)S(=O)(=O)N(C)C(C)COC. The lowest BCUT2D eigenvalue weighted by Crippen LogP contribution is -2.45. The van der Waals surface area contributed by atoms with Gasteiger partial charge < -0.3 is 10.1 Å². The van der Waals surface area contributed by atoms with Crippen molar-refractivity contribution >= 4 is 10.0 Å². The number of nitrogens with one attached hydrogen (secondary N) is 1. The molecule has 0 aliphatic rings. The zero-order chi connectivity index (χ0) is 12.8. The van der Waals surface area contributed by atoms with Crippen LogP contribution < -0.4 is 5.32 Å². The molecule has 0 saturated heterocycles. The van der Waals surface area contributed by atoms with Gasteiger partial charge in [-0.3, -0.25) is 0 Å². The van der Waals surface area contributed by atoms with Crippen LogP contribution in [0.15, 0.2) is 0 Å². The second kappa shape index (κ2) is 7.21. The highest BCUT2D eigenvalue weighted by Gasteiger charge is 2.28. The largest absolute Gasteiger partial charge is 0.383 e. The lowest BCUT2D eigenvalue weighted by Gasteiger charge is -2.27. The third kappa shape index (κ3) is 4.37. The predicted molar refractivity (Wildman–Crippen MR) is 66.0 cm³/mol. The Morgan fingerprint density at radius 1 is 1.38 bits per heavy atom. The van der Waals surface area contributed by atoms with Crippen molar-refractivity contribution in [3.05, 3.63) is 0 Å². The zero-order valence-corrected chi connectivity index (χ0v) is 11.7. The van der Waals surface area contributed by atoms with E-state index in [0.717, 1.165) is 6.54 Å². The Kier molecular flexibility index (Phi) is 7.14. The quantitative estimate of drug-likeness (QED) is 0.674. The summed E-state index contributed by atoms with van der Waals surface area (Å²) in [5.74, 6) is 0. The van der Waals surface area contributed by atoms with Crippen LogP contribution in [-0.2, 0) is 14.8 Å². The Morgan fingerprint density at radius 3 is 2.38 bits per heavy atom. The Balaban J connectivity index is 4.51. The Labute approximate surface area is 99.2 Å². The van der Waals surface area contributed by atoms with Crippen LogP contribution in [0.2, 0.25) is 0 Å². The van der Waals surface area contributed by atoms with Crippen LogP contribution in [-0.4, -0.2) is 57.9 Å². The van der Waals surface area contributed by atoms with Crippen LogP contribution in [0.3, 0.4) is 0 Å². The fraction of sp³-hybridized carbons (Fsp3) is 1.00. The first-order chi connectivity index (χ1) is 7.37. The molecule has 0 rings (SSSR count). The minimum absolute atomic E-state index is 0.140. The van der Waals surface area contributed by atoms with Crippen LogP contribution in [0.25, 0.3) is 0 Å². The fourth-order valence-corrected chi connectivity index (χ4v) is 2.79. The van der Waals surface area contributed by atoms with Crippen molar-refractivity contribution in [3.63, 3.8) is 0 Å². The third-order valence-corrected chi connectivity index (χ3v) is 4.97. The molecule has 0 bridgehead atoms. The summed E-state index contributed by atoms with van der Waals surface area (Å²) in [7, 11) is -0.0747. The summed E-state index contributed by atoms with van der Waals surface area (Å²) in [6.45, 7) is 7.16. The Bertz CT molecular complexity index is 280. The number of sulfonamides is 1. The second-order valence-electron chi connectivity index (χ2n) is 3.98. The average Bonchev–Trinajstić information content (AvgIpc) is 2.24. The summed E-state index contributed by atoms with van der Waals surface area (Å²) in [6.07, 6.45) is 0. The maximum atomic E-state index is 12.1. The molecule has 0 aliphatic heterocycles. The molecule has 0 aromatic carbocycles. The van der Waals surface area contributed by atoms with Gasteiger partial charge in [-0.05, 0) is 20.4 Å². The molecule has 16 heavy (non-hydrogen) atoms. The number of hydrogen-bond donors (Lipinski definition) is 1. The smallest absolute Gasteiger partial charge is 0.218 e. The topological polar surface area (TPSA) is 58.6 Å². The Morgan fingerprint density at radius 2 is 1.94 bits per heavy atom. The number of likely N-dealkylation sites (N-methyl/N-ethyl adjacent to an activating group) is 1. The van der Waals surface area contributed by atoms with E-state index in [1.54, 1.807) is 21.1 Å². The molecule has 1 N–H and O–H groups in total. The maximum absolute atomic E-state index is 12.1. The van der Waals surface area contributed by atoms with E-state index < -0.39 is 15.3 Å². The number of rotatable bonds is 8. The summed E-state index contributed by atoms with van der Waals surface area (Å²) in [4.78, 5) is 0. The van der Waals surface area contributed by atoms with Crippen molar-refractivity contribution in [2.45, 2.75) is 32.1 Å². The monoisotopic (exact) mass is 252 g/mol. The number of methoxy groups -OCH3 is 1. The van der Waals surface area contributed by atoms with Gasteiger partial charge in [0.15, 0.2) is 0 Å². The molecule has 0 aromatic heterocycles. The molecular weight excluding hydrogens is 228 g/mol. The fourth-order valence-electron chi connectivity index (χ4n) is 1.33. The van der Waals surface area contributed by atoms with Gasteiger partial charge in [-0.2, -0.15) is 4.31 Å². The van der Waals surface area contributed by atoms with Gasteiger partial charge in [0.05, 0.1) is 11.9 Å². The minimum Gasteiger partial charge on any atom is -0.383 e. The highest BCUT2D eigenvalue weighted by Crippen LogP contribution is 2.10. The van der Waals surface area contributed by atoms with Crippen LogP contribution in [0.5, 0.6) is 0 Å². The number of hydrogen-bond acceptors (Lipinski definition) is 4. The molecule has 0 aromatic rings. The zero-order valence-electron chi connectivity index (χ0n) is 10.9. The first-order valence-corrected chi connectivity index (χ1v) is 7.04. The minimum atomic E-state index is -3.24. The number of nitrogens with zero attached hydrogens (tertiary/aromatic N) is 1. The van der Waals surface area contributed by atoms with E-state index in [4.69, 9.17) is 4.74 Å². The van der Waals surface area contributed by atoms with E-state index in [2.05, 4.69) is 5.32 Å². The summed E-state index contributed by atoms with van der Waals surface area (Å²) < 4.78 is 30.5. The van der Waals surface area contributed by atoms with Crippen molar-refractivity contribution in [3.8, 4) is 0 Å². The van der Waals surface area contributed by atoms with E-state index >= 15 is 0 Å². The van der Waals surface area contributed by atoms with Crippen molar-refractivity contribution in [1.82, 2.24) is 9.62 Å². The predicted octanol–water partition coefficient (Wildman–Crippen LogP) is 0.281. The normalized spacial score (nSPS) is 16.4. The highest BCUT2D eigenvalue weighted by molar-refractivity contribution is 7.89. The summed E-state index contributed by atoms with van der Waals surface area (Å²) in [5, 5.41) is 2.62.